The second kappa shape index (κ2) is 8.22. The third-order valence-corrected chi connectivity index (χ3v) is 5.61. The van der Waals surface area contributed by atoms with Crippen molar-refractivity contribution in [2.24, 2.45) is 5.92 Å². The van der Waals surface area contributed by atoms with Gasteiger partial charge in [-0.1, -0.05) is 12.1 Å². The van der Waals surface area contributed by atoms with Crippen LogP contribution in [0.5, 0.6) is 5.75 Å². The number of methoxy groups -OCH3 is 1. The molecule has 8 heteroatoms. The van der Waals surface area contributed by atoms with Gasteiger partial charge < -0.3 is 20.1 Å². The van der Waals surface area contributed by atoms with Crippen molar-refractivity contribution in [2.75, 3.05) is 25.5 Å². The number of nitrogens with one attached hydrogen (secondary N) is 1. The van der Waals surface area contributed by atoms with Crippen molar-refractivity contribution in [3.8, 4) is 5.75 Å². The van der Waals surface area contributed by atoms with Crippen LogP contribution in [0.15, 0.2) is 36.4 Å². The van der Waals surface area contributed by atoms with Crippen LogP contribution in [0, 0.1) is 5.92 Å². The van der Waals surface area contributed by atoms with Crippen molar-refractivity contribution in [1.82, 2.24) is 4.90 Å². The second-order valence-corrected chi connectivity index (χ2v) is 7.31. The van der Waals surface area contributed by atoms with E-state index in [0.717, 1.165) is 11.3 Å². The molecule has 27 heavy (non-hydrogen) atoms. The SMILES string of the molecule is COc1ccccc1NC(=O)C1CCN(C(=O)c2ccc(C(=O)O)s2)CC1. The number of carboxylic acids is 1. The van der Waals surface area contributed by atoms with E-state index in [1.165, 1.54) is 12.1 Å². The van der Waals surface area contributed by atoms with Gasteiger partial charge in [0.2, 0.25) is 5.91 Å². The fourth-order valence-corrected chi connectivity index (χ4v) is 3.86. The summed E-state index contributed by atoms with van der Waals surface area (Å²) >= 11 is 0.972. The molecule has 0 unspecified atom stereocenters. The van der Waals surface area contributed by atoms with Crippen molar-refractivity contribution in [2.45, 2.75) is 12.8 Å². The van der Waals surface area contributed by atoms with Gasteiger partial charge in [-0.2, -0.15) is 0 Å². The van der Waals surface area contributed by atoms with Crippen molar-refractivity contribution < 1.29 is 24.2 Å². The summed E-state index contributed by atoms with van der Waals surface area (Å²) in [7, 11) is 1.55. The van der Waals surface area contributed by atoms with Gasteiger partial charge in [0.05, 0.1) is 17.7 Å². The standard InChI is InChI=1S/C19H20N2O5S/c1-26-14-5-3-2-4-13(14)20-17(22)12-8-10-21(11-9-12)18(23)15-6-7-16(27-15)19(24)25/h2-7,12H,8-11H2,1H3,(H,20,22)(H,24,25). The van der Waals surface area contributed by atoms with Crippen LogP contribution < -0.4 is 10.1 Å². The molecule has 2 N–H and O–H groups in total. The van der Waals surface area contributed by atoms with Crippen LogP contribution in [0.2, 0.25) is 0 Å². The molecule has 2 amide bonds. The average molecular weight is 388 g/mol. The summed E-state index contributed by atoms with van der Waals surface area (Å²) in [6.07, 6.45) is 1.12. The number of rotatable bonds is 5. The number of piperidine rings is 1. The number of hydrogen-bond acceptors (Lipinski definition) is 5. The monoisotopic (exact) mass is 388 g/mol. The number of likely N-dealkylation sites (tertiary alicyclic amines) is 1. The number of benzene rings is 1. The molecule has 1 fully saturated rings. The maximum absolute atomic E-state index is 12.5. The van der Waals surface area contributed by atoms with E-state index in [0.29, 0.717) is 42.2 Å². The van der Waals surface area contributed by atoms with E-state index in [1.54, 1.807) is 24.1 Å². The van der Waals surface area contributed by atoms with E-state index in [1.807, 2.05) is 12.1 Å². The molecule has 3 rings (SSSR count). The van der Waals surface area contributed by atoms with Crippen LogP contribution in [0.4, 0.5) is 5.69 Å². The van der Waals surface area contributed by atoms with Crippen LogP contribution in [0.1, 0.15) is 32.2 Å². The molecule has 1 aromatic heterocycles. The van der Waals surface area contributed by atoms with Crippen molar-refractivity contribution in [3.05, 3.63) is 46.2 Å². The summed E-state index contributed by atoms with van der Waals surface area (Å²) < 4.78 is 5.24. The van der Waals surface area contributed by atoms with Gasteiger partial charge in [-0.15, -0.1) is 11.3 Å². The predicted octanol–water partition coefficient (Wildman–Crippen LogP) is 2.95. The third kappa shape index (κ3) is 4.28. The summed E-state index contributed by atoms with van der Waals surface area (Å²) in [5.41, 5.74) is 0.628. The summed E-state index contributed by atoms with van der Waals surface area (Å²) in [4.78, 5) is 38.2. The molecule has 0 spiro atoms. The Hall–Kier alpha value is -2.87. The minimum Gasteiger partial charge on any atom is -0.495 e. The molecule has 0 atom stereocenters. The maximum Gasteiger partial charge on any atom is 0.345 e. The molecule has 1 aromatic carbocycles. The zero-order chi connectivity index (χ0) is 19.4. The number of carbonyl (C=O) groups excluding carboxylic acids is 2. The zero-order valence-corrected chi connectivity index (χ0v) is 15.6. The van der Waals surface area contributed by atoms with Gasteiger partial charge in [0.1, 0.15) is 10.6 Å². The first-order chi connectivity index (χ1) is 13.0. The van der Waals surface area contributed by atoms with Gasteiger partial charge in [-0.25, -0.2) is 4.79 Å². The lowest BCUT2D eigenvalue weighted by atomic mass is 9.95. The lowest BCUT2D eigenvalue weighted by Crippen LogP contribution is -2.41. The molecule has 1 aliphatic heterocycles. The Kier molecular flexibility index (Phi) is 5.75. The number of amides is 2. The molecule has 0 aliphatic carbocycles. The molecule has 142 valence electrons. The smallest absolute Gasteiger partial charge is 0.345 e. The predicted molar refractivity (Wildman–Crippen MR) is 102 cm³/mol. The zero-order valence-electron chi connectivity index (χ0n) is 14.8. The molecule has 0 saturated carbocycles. The Morgan fingerprint density at radius 2 is 1.78 bits per heavy atom. The lowest BCUT2D eigenvalue weighted by molar-refractivity contribution is -0.121. The molecule has 1 saturated heterocycles. The third-order valence-electron chi connectivity index (χ3n) is 4.55. The highest BCUT2D eigenvalue weighted by molar-refractivity contribution is 7.15. The summed E-state index contributed by atoms with van der Waals surface area (Å²) in [5.74, 6) is -0.889. The van der Waals surface area contributed by atoms with E-state index >= 15 is 0 Å². The quantitative estimate of drug-likeness (QED) is 0.821. The van der Waals surface area contributed by atoms with Gasteiger partial charge in [0, 0.05) is 19.0 Å². The minimum absolute atomic E-state index is 0.0871. The Morgan fingerprint density at radius 3 is 2.41 bits per heavy atom. The Labute approximate surface area is 160 Å². The van der Waals surface area contributed by atoms with Crippen LogP contribution >= 0.6 is 11.3 Å². The molecule has 0 bridgehead atoms. The van der Waals surface area contributed by atoms with E-state index in [-0.39, 0.29) is 22.6 Å². The number of carboxylic acid groups (broad SMARTS) is 1. The van der Waals surface area contributed by atoms with Crippen molar-refractivity contribution in [1.29, 1.82) is 0 Å². The number of hydrogen-bond donors (Lipinski definition) is 2. The fraction of sp³-hybridized carbons (Fsp3) is 0.316. The number of nitrogens with zero attached hydrogens (tertiary/aromatic N) is 1. The Balaban J connectivity index is 1.57. The minimum atomic E-state index is -1.04. The highest BCUT2D eigenvalue weighted by Crippen LogP contribution is 2.27. The summed E-state index contributed by atoms with van der Waals surface area (Å²) in [5, 5.41) is 11.9. The van der Waals surface area contributed by atoms with E-state index in [4.69, 9.17) is 9.84 Å². The van der Waals surface area contributed by atoms with Gasteiger partial charge in [0.25, 0.3) is 5.91 Å². The molecule has 0 radical (unpaired) electrons. The first-order valence-electron chi connectivity index (χ1n) is 8.56. The van der Waals surface area contributed by atoms with Crippen LogP contribution in [-0.2, 0) is 4.79 Å². The summed E-state index contributed by atoms with van der Waals surface area (Å²) in [6, 6.07) is 10.2. The van der Waals surface area contributed by atoms with Crippen LogP contribution in [0.25, 0.3) is 0 Å². The Morgan fingerprint density at radius 1 is 1.11 bits per heavy atom. The lowest BCUT2D eigenvalue weighted by Gasteiger charge is -2.31. The highest BCUT2D eigenvalue weighted by atomic mass is 32.1. The number of para-hydroxylation sites is 2. The molecular weight excluding hydrogens is 368 g/mol. The number of thiophene rings is 1. The van der Waals surface area contributed by atoms with Gasteiger partial charge >= 0.3 is 5.97 Å². The van der Waals surface area contributed by atoms with E-state index in [9.17, 15) is 14.4 Å². The molecule has 2 aromatic rings. The second-order valence-electron chi connectivity index (χ2n) is 6.23. The largest absolute Gasteiger partial charge is 0.495 e. The molecular formula is C19H20N2O5S. The number of anilines is 1. The topological polar surface area (TPSA) is 95.9 Å². The first-order valence-corrected chi connectivity index (χ1v) is 9.37. The maximum atomic E-state index is 12.5. The first kappa shape index (κ1) is 18.9. The van der Waals surface area contributed by atoms with E-state index < -0.39 is 5.97 Å². The molecule has 7 nitrogen and oxygen atoms in total. The molecule has 2 heterocycles. The fourth-order valence-electron chi connectivity index (χ4n) is 3.05. The normalized spacial score (nSPS) is 14.6. The van der Waals surface area contributed by atoms with Crippen molar-refractivity contribution in [3.63, 3.8) is 0 Å². The van der Waals surface area contributed by atoms with Gasteiger partial charge in [-0.05, 0) is 37.1 Å². The summed E-state index contributed by atoms with van der Waals surface area (Å²) in [6.45, 7) is 0.923. The van der Waals surface area contributed by atoms with Crippen molar-refractivity contribution >= 4 is 34.8 Å². The number of ether oxygens (including phenoxy) is 1. The van der Waals surface area contributed by atoms with Crippen LogP contribution in [0.3, 0.4) is 0 Å². The average Bonchev–Trinajstić information content (AvgIpc) is 3.18. The number of carbonyl (C=O) groups is 3. The van der Waals surface area contributed by atoms with Crippen LogP contribution in [-0.4, -0.2) is 48.0 Å². The number of aromatic carboxylic acids is 1. The Bertz CT molecular complexity index is 855. The van der Waals surface area contributed by atoms with Gasteiger partial charge in [-0.3, -0.25) is 9.59 Å². The molecule has 1 aliphatic rings. The van der Waals surface area contributed by atoms with E-state index in [2.05, 4.69) is 5.32 Å². The van der Waals surface area contributed by atoms with Gasteiger partial charge in [0.15, 0.2) is 0 Å². The highest BCUT2D eigenvalue weighted by Gasteiger charge is 2.29.